The zero-order chi connectivity index (χ0) is 20.7. The van der Waals surface area contributed by atoms with Crippen LogP contribution in [0, 0.1) is 0 Å². The van der Waals surface area contributed by atoms with Crippen LogP contribution < -0.4 is 14.2 Å². The third-order valence-electron chi connectivity index (χ3n) is 5.58. The molecule has 0 aliphatic carbocycles. The molecule has 0 aromatic heterocycles. The maximum atomic E-state index is 6.45. The van der Waals surface area contributed by atoms with E-state index < -0.39 is 0 Å². The standard InChI is InChI=1S/C24H21BrN2O3/c1-28-17-10-7-15(8-11-17)20-14-21-18-5-3-4-6-23(18)30-24(27(21)26-20)19-13-16(25)9-12-22(19)29-2/h3-13,21,24H,14H2,1-2H3. The number of hydrazone groups is 1. The van der Waals surface area contributed by atoms with Crippen LogP contribution in [-0.2, 0) is 0 Å². The SMILES string of the molecule is COc1ccc(C2=NN3C(C2)c2ccccc2OC3c2cc(Br)ccc2OC)cc1. The number of rotatable bonds is 4. The average Bonchev–Trinajstić information content (AvgIpc) is 3.24. The molecule has 0 radical (unpaired) electrons. The first-order chi connectivity index (χ1) is 14.7. The Bertz CT molecular complexity index is 1110. The molecule has 0 bridgehead atoms. The molecule has 2 aliphatic heterocycles. The molecule has 0 amide bonds. The van der Waals surface area contributed by atoms with E-state index in [1.165, 1.54) is 0 Å². The van der Waals surface area contributed by atoms with Crippen LogP contribution in [0.2, 0.25) is 0 Å². The van der Waals surface area contributed by atoms with Gasteiger partial charge in [-0.15, -0.1) is 0 Å². The lowest BCUT2D eigenvalue weighted by molar-refractivity contribution is -0.0203. The van der Waals surface area contributed by atoms with Gasteiger partial charge in [0.2, 0.25) is 6.23 Å². The molecular weight excluding hydrogens is 444 g/mol. The molecule has 2 heterocycles. The summed E-state index contributed by atoms with van der Waals surface area (Å²) in [7, 11) is 3.35. The van der Waals surface area contributed by atoms with E-state index in [0.29, 0.717) is 0 Å². The number of benzene rings is 3. The van der Waals surface area contributed by atoms with Crippen LogP contribution in [0.5, 0.6) is 17.2 Å². The summed E-state index contributed by atoms with van der Waals surface area (Å²) in [5.74, 6) is 2.49. The van der Waals surface area contributed by atoms with E-state index in [9.17, 15) is 0 Å². The van der Waals surface area contributed by atoms with E-state index >= 15 is 0 Å². The number of halogens is 1. The molecule has 3 aromatic rings. The zero-order valence-electron chi connectivity index (χ0n) is 16.7. The Hall–Kier alpha value is -2.99. The quantitative estimate of drug-likeness (QED) is 0.495. The molecule has 2 atom stereocenters. The van der Waals surface area contributed by atoms with Crippen molar-refractivity contribution in [3.05, 3.63) is 87.9 Å². The number of methoxy groups -OCH3 is 2. The predicted molar refractivity (Wildman–Crippen MR) is 119 cm³/mol. The zero-order valence-corrected chi connectivity index (χ0v) is 18.3. The lowest BCUT2D eigenvalue weighted by Gasteiger charge is -2.38. The van der Waals surface area contributed by atoms with Crippen molar-refractivity contribution >= 4 is 21.6 Å². The van der Waals surface area contributed by atoms with Gasteiger partial charge in [-0.25, -0.2) is 5.01 Å². The molecule has 2 aliphatic rings. The molecular formula is C24H21BrN2O3. The van der Waals surface area contributed by atoms with Gasteiger partial charge in [0.25, 0.3) is 0 Å². The summed E-state index contributed by atoms with van der Waals surface area (Å²) in [5.41, 5.74) is 4.20. The highest BCUT2D eigenvalue weighted by atomic mass is 79.9. The normalized spacial score (nSPS) is 19.4. The van der Waals surface area contributed by atoms with E-state index in [1.807, 2.05) is 48.5 Å². The Labute approximate surface area is 184 Å². The van der Waals surface area contributed by atoms with Gasteiger partial charge >= 0.3 is 0 Å². The number of hydrogen-bond acceptors (Lipinski definition) is 5. The summed E-state index contributed by atoms with van der Waals surface area (Å²) in [6.07, 6.45) is 0.424. The number of fused-ring (bicyclic) bond motifs is 3. The predicted octanol–water partition coefficient (Wildman–Crippen LogP) is 5.71. The van der Waals surface area contributed by atoms with Gasteiger partial charge in [-0.05, 0) is 54.1 Å². The lowest BCUT2D eigenvalue weighted by Crippen LogP contribution is -2.33. The topological polar surface area (TPSA) is 43.3 Å². The van der Waals surface area contributed by atoms with E-state index in [2.05, 4.69) is 39.1 Å². The van der Waals surface area contributed by atoms with Crippen molar-refractivity contribution in [2.24, 2.45) is 5.10 Å². The fourth-order valence-corrected chi connectivity index (χ4v) is 4.47. The van der Waals surface area contributed by atoms with Crippen LogP contribution >= 0.6 is 15.9 Å². The maximum Gasteiger partial charge on any atom is 0.217 e. The van der Waals surface area contributed by atoms with E-state index in [-0.39, 0.29) is 12.3 Å². The number of hydrogen-bond donors (Lipinski definition) is 0. The molecule has 0 fully saturated rings. The Balaban J connectivity index is 1.60. The molecule has 0 saturated heterocycles. The Morgan fingerprint density at radius 3 is 2.53 bits per heavy atom. The highest BCUT2D eigenvalue weighted by molar-refractivity contribution is 9.10. The van der Waals surface area contributed by atoms with Gasteiger partial charge in [-0.2, -0.15) is 5.10 Å². The van der Waals surface area contributed by atoms with Gasteiger partial charge in [-0.3, -0.25) is 0 Å². The third kappa shape index (κ3) is 3.21. The Morgan fingerprint density at radius 1 is 0.967 bits per heavy atom. The van der Waals surface area contributed by atoms with Gasteiger partial charge in [0, 0.05) is 16.5 Å². The van der Waals surface area contributed by atoms with Crippen LogP contribution in [0.15, 0.2) is 76.3 Å². The van der Waals surface area contributed by atoms with Crippen LogP contribution in [0.3, 0.4) is 0 Å². The summed E-state index contributed by atoms with van der Waals surface area (Å²) in [6.45, 7) is 0. The Morgan fingerprint density at radius 2 is 1.77 bits per heavy atom. The van der Waals surface area contributed by atoms with Crippen molar-refractivity contribution in [1.29, 1.82) is 0 Å². The summed E-state index contributed by atoms with van der Waals surface area (Å²) < 4.78 is 18.3. The second kappa shape index (κ2) is 7.69. The van der Waals surface area contributed by atoms with Crippen LogP contribution in [0.4, 0.5) is 0 Å². The minimum absolute atomic E-state index is 0.0979. The summed E-state index contributed by atoms with van der Waals surface area (Å²) in [5, 5.41) is 7.07. The average molecular weight is 465 g/mol. The lowest BCUT2D eigenvalue weighted by atomic mass is 9.96. The largest absolute Gasteiger partial charge is 0.497 e. The third-order valence-corrected chi connectivity index (χ3v) is 6.07. The van der Waals surface area contributed by atoms with Crippen LogP contribution in [-0.4, -0.2) is 24.9 Å². The first kappa shape index (κ1) is 19.0. The van der Waals surface area contributed by atoms with E-state index in [1.54, 1.807) is 14.2 Å². The Kier molecular flexibility index (Phi) is 4.87. The highest BCUT2D eigenvalue weighted by Crippen LogP contribution is 2.49. The molecule has 152 valence electrons. The molecule has 0 spiro atoms. The number of para-hydroxylation sites is 1. The van der Waals surface area contributed by atoms with Crippen molar-refractivity contribution in [1.82, 2.24) is 5.01 Å². The second-order valence-electron chi connectivity index (χ2n) is 7.27. The summed E-state index contributed by atoms with van der Waals surface area (Å²) in [6, 6.07) is 22.3. The van der Waals surface area contributed by atoms with E-state index in [0.717, 1.165) is 50.5 Å². The maximum absolute atomic E-state index is 6.45. The van der Waals surface area contributed by atoms with Crippen molar-refractivity contribution in [3.8, 4) is 17.2 Å². The molecule has 5 rings (SSSR count). The molecule has 3 aromatic carbocycles. The summed E-state index contributed by atoms with van der Waals surface area (Å²) in [4.78, 5) is 0. The first-order valence-electron chi connectivity index (χ1n) is 9.77. The molecule has 30 heavy (non-hydrogen) atoms. The number of ether oxygens (including phenoxy) is 3. The molecule has 0 saturated carbocycles. The fraction of sp³-hybridized carbons (Fsp3) is 0.208. The summed E-state index contributed by atoms with van der Waals surface area (Å²) >= 11 is 3.58. The van der Waals surface area contributed by atoms with Gasteiger partial charge < -0.3 is 14.2 Å². The molecule has 2 unspecified atom stereocenters. The molecule has 0 N–H and O–H groups in total. The fourth-order valence-electron chi connectivity index (χ4n) is 4.10. The first-order valence-corrected chi connectivity index (χ1v) is 10.6. The van der Waals surface area contributed by atoms with Gasteiger partial charge in [-0.1, -0.05) is 34.1 Å². The van der Waals surface area contributed by atoms with Crippen LogP contribution in [0.25, 0.3) is 0 Å². The van der Waals surface area contributed by atoms with Crippen molar-refractivity contribution in [2.45, 2.75) is 18.7 Å². The van der Waals surface area contributed by atoms with Crippen LogP contribution in [0.1, 0.15) is 35.4 Å². The number of nitrogens with zero attached hydrogens (tertiary/aromatic N) is 2. The second-order valence-corrected chi connectivity index (χ2v) is 8.19. The van der Waals surface area contributed by atoms with Crippen molar-refractivity contribution < 1.29 is 14.2 Å². The van der Waals surface area contributed by atoms with Gasteiger partial charge in [0.1, 0.15) is 17.2 Å². The molecule has 6 heteroatoms. The highest BCUT2D eigenvalue weighted by Gasteiger charge is 2.41. The molecule has 5 nitrogen and oxygen atoms in total. The van der Waals surface area contributed by atoms with Gasteiger partial charge in [0.15, 0.2) is 0 Å². The van der Waals surface area contributed by atoms with Crippen molar-refractivity contribution in [3.63, 3.8) is 0 Å². The smallest absolute Gasteiger partial charge is 0.217 e. The minimum atomic E-state index is -0.381. The van der Waals surface area contributed by atoms with Crippen molar-refractivity contribution in [2.75, 3.05) is 14.2 Å². The van der Waals surface area contributed by atoms with E-state index in [4.69, 9.17) is 19.3 Å². The minimum Gasteiger partial charge on any atom is -0.497 e. The van der Waals surface area contributed by atoms with Gasteiger partial charge in [0.05, 0.1) is 31.5 Å². The monoisotopic (exact) mass is 464 g/mol.